The minimum atomic E-state index is -0.295. The van der Waals surface area contributed by atoms with Crippen molar-refractivity contribution in [3.05, 3.63) is 77.4 Å². The van der Waals surface area contributed by atoms with Gasteiger partial charge in [-0.25, -0.2) is 9.07 Å². The van der Waals surface area contributed by atoms with Gasteiger partial charge in [0.15, 0.2) is 11.0 Å². The SMILES string of the molecule is CCn1c(SCC(=O)NC(C)c2cnn(-c3ccc(F)cc3)c2C)nnc1-c1ccccc1C. The minimum absolute atomic E-state index is 0.102. The number of benzene rings is 2. The highest BCUT2D eigenvalue weighted by atomic mass is 32.2. The van der Waals surface area contributed by atoms with Crippen LogP contribution in [0.3, 0.4) is 0 Å². The second-order valence-electron chi connectivity index (χ2n) is 8.02. The van der Waals surface area contributed by atoms with Crippen LogP contribution in [0.25, 0.3) is 17.1 Å². The van der Waals surface area contributed by atoms with Gasteiger partial charge in [0, 0.05) is 23.4 Å². The standard InChI is InChI=1S/C25H27FN6OS/c1-5-31-24(21-9-7-6-8-16(21)2)29-30-25(31)34-15-23(33)28-17(3)22-14-27-32(18(22)4)20-12-10-19(26)11-13-20/h6-14,17H,5,15H2,1-4H3,(H,28,33). The number of nitrogens with one attached hydrogen (secondary N) is 1. The quantitative estimate of drug-likeness (QED) is 0.366. The summed E-state index contributed by atoms with van der Waals surface area (Å²) in [5.74, 6) is 0.633. The predicted octanol–water partition coefficient (Wildman–Crippen LogP) is 4.88. The van der Waals surface area contributed by atoms with E-state index < -0.39 is 0 Å². The summed E-state index contributed by atoms with van der Waals surface area (Å²) in [5.41, 5.74) is 4.73. The first kappa shape index (κ1) is 23.7. The zero-order chi connectivity index (χ0) is 24.2. The van der Waals surface area contributed by atoms with Crippen molar-refractivity contribution in [1.82, 2.24) is 29.9 Å². The summed E-state index contributed by atoms with van der Waals surface area (Å²) in [7, 11) is 0. The molecule has 34 heavy (non-hydrogen) atoms. The van der Waals surface area contributed by atoms with Gasteiger partial charge >= 0.3 is 0 Å². The molecule has 0 bridgehead atoms. The van der Waals surface area contributed by atoms with Crippen LogP contribution < -0.4 is 5.32 Å². The molecule has 0 spiro atoms. The molecule has 9 heteroatoms. The zero-order valence-electron chi connectivity index (χ0n) is 19.6. The average Bonchev–Trinajstić information content (AvgIpc) is 3.41. The Morgan fingerprint density at radius 3 is 2.56 bits per heavy atom. The van der Waals surface area contributed by atoms with Gasteiger partial charge < -0.3 is 9.88 Å². The minimum Gasteiger partial charge on any atom is -0.349 e. The van der Waals surface area contributed by atoms with Crippen LogP contribution in [0.2, 0.25) is 0 Å². The molecule has 1 unspecified atom stereocenters. The van der Waals surface area contributed by atoms with Gasteiger partial charge in [0.2, 0.25) is 5.91 Å². The molecule has 0 saturated carbocycles. The topological polar surface area (TPSA) is 77.6 Å². The number of nitrogens with zero attached hydrogens (tertiary/aromatic N) is 5. The van der Waals surface area contributed by atoms with Gasteiger partial charge in [-0.1, -0.05) is 36.0 Å². The summed E-state index contributed by atoms with van der Waals surface area (Å²) < 4.78 is 17.0. The molecule has 1 N–H and O–H groups in total. The van der Waals surface area contributed by atoms with Crippen LogP contribution in [0.5, 0.6) is 0 Å². The Morgan fingerprint density at radius 2 is 1.85 bits per heavy atom. The van der Waals surface area contributed by atoms with E-state index in [0.29, 0.717) is 11.7 Å². The van der Waals surface area contributed by atoms with E-state index in [1.165, 1.54) is 23.9 Å². The van der Waals surface area contributed by atoms with Gasteiger partial charge in [-0.2, -0.15) is 5.10 Å². The number of rotatable bonds is 8. The number of amides is 1. The lowest BCUT2D eigenvalue weighted by Crippen LogP contribution is -2.28. The Hall–Kier alpha value is -3.46. The average molecular weight is 479 g/mol. The fourth-order valence-electron chi connectivity index (χ4n) is 3.88. The molecule has 0 aliphatic rings. The van der Waals surface area contributed by atoms with Gasteiger partial charge in [0.05, 0.1) is 23.7 Å². The van der Waals surface area contributed by atoms with Crippen molar-refractivity contribution in [3.63, 3.8) is 0 Å². The monoisotopic (exact) mass is 478 g/mol. The van der Waals surface area contributed by atoms with Crippen LogP contribution in [-0.4, -0.2) is 36.2 Å². The Labute approximate surface area is 202 Å². The van der Waals surface area contributed by atoms with Crippen molar-refractivity contribution in [3.8, 4) is 17.1 Å². The van der Waals surface area contributed by atoms with Crippen LogP contribution in [0.4, 0.5) is 4.39 Å². The third kappa shape index (κ3) is 4.89. The van der Waals surface area contributed by atoms with Crippen LogP contribution in [0.1, 0.15) is 36.7 Å². The van der Waals surface area contributed by atoms with E-state index in [1.54, 1.807) is 23.0 Å². The van der Waals surface area contributed by atoms with Crippen molar-refractivity contribution >= 4 is 17.7 Å². The van der Waals surface area contributed by atoms with Crippen LogP contribution in [0, 0.1) is 19.7 Å². The highest BCUT2D eigenvalue weighted by Crippen LogP contribution is 2.26. The molecule has 0 radical (unpaired) electrons. The molecule has 2 aromatic carbocycles. The molecule has 2 heterocycles. The Balaban J connectivity index is 1.41. The molecule has 0 fully saturated rings. The first-order valence-electron chi connectivity index (χ1n) is 11.1. The fourth-order valence-corrected chi connectivity index (χ4v) is 4.70. The Morgan fingerprint density at radius 1 is 1.12 bits per heavy atom. The predicted molar refractivity (Wildman–Crippen MR) is 131 cm³/mol. The molecule has 4 rings (SSSR count). The lowest BCUT2D eigenvalue weighted by atomic mass is 10.1. The highest BCUT2D eigenvalue weighted by molar-refractivity contribution is 7.99. The van der Waals surface area contributed by atoms with E-state index >= 15 is 0 Å². The maximum atomic E-state index is 13.2. The third-order valence-corrected chi connectivity index (χ3v) is 6.68. The van der Waals surface area contributed by atoms with Crippen molar-refractivity contribution in [2.45, 2.75) is 45.4 Å². The number of halogens is 1. The maximum Gasteiger partial charge on any atom is 0.230 e. The first-order valence-corrected chi connectivity index (χ1v) is 12.1. The summed E-state index contributed by atoms with van der Waals surface area (Å²) in [5, 5.41) is 16.9. The zero-order valence-corrected chi connectivity index (χ0v) is 20.4. The summed E-state index contributed by atoms with van der Waals surface area (Å²) in [6.07, 6.45) is 1.74. The van der Waals surface area contributed by atoms with Crippen LogP contribution in [-0.2, 0) is 11.3 Å². The first-order chi connectivity index (χ1) is 16.4. The van der Waals surface area contributed by atoms with E-state index in [9.17, 15) is 9.18 Å². The molecule has 1 atom stereocenters. The van der Waals surface area contributed by atoms with Crippen LogP contribution >= 0.6 is 11.8 Å². The van der Waals surface area contributed by atoms with Crippen molar-refractivity contribution in [2.75, 3.05) is 5.75 Å². The molecule has 2 aromatic heterocycles. The van der Waals surface area contributed by atoms with Crippen molar-refractivity contribution in [1.29, 1.82) is 0 Å². The van der Waals surface area contributed by atoms with E-state index in [2.05, 4.69) is 20.6 Å². The smallest absolute Gasteiger partial charge is 0.230 e. The van der Waals surface area contributed by atoms with E-state index in [-0.39, 0.29) is 23.5 Å². The largest absolute Gasteiger partial charge is 0.349 e. The fraction of sp³-hybridized carbons (Fsp3) is 0.280. The summed E-state index contributed by atoms with van der Waals surface area (Å²) in [4.78, 5) is 12.7. The number of hydrogen-bond acceptors (Lipinski definition) is 5. The lowest BCUT2D eigenvalue weighted by molar-refractivity contribution is -0.119. The molecule has 1 amide bonds. The van der Waals surface area contributed by atoms with E-state index in [4.69, 9.17) is 0 Å². The number of aryl methyl sites for hydroxylation is 1. The lowest BCUT2D eigenvalue weighted by Gasteiger charge is -2.14. The summed E-state index contributed by atoms with van der Waals surface area (Å²) in [6.45, 7) is 8.65. The van der Waals surface area contributed by atoms with Gasteiger partial charge in [0.25, 0.3) is 0 Å². The van der Waals surface area contributed by atoms with Gasteiger partial charge in [-0.15, -0.1) is 10.2 Å². The molecule has 0 saturated heterocycles. The molecule has 176 valence electrons. The van der Waals surface area contributed by atoms with Gasteiger partial charge in [-0.3, -0.25) is 4.79 Å². The molecular weight excluding hydrogens is 451 g/mol. The molecule has 4 aromatic rings. The second kappa shape index (κ2) is 10.2. The third-order valence-electron chi connectivity index (χ3n) is 5.71. The van der Waals surface area contributed by atoms with E-state index in [1.807, 2.05) is 56.5 Å². The molecular formula is C25H27FN6OS. The second-order valence-corrected chi connectivity index (χ2v) is 8.96. The summed E-state index contributed by atoms with van der Waals surface area (Å²) in [6, 6.07) is 14.0. The number of carbonyl (C=O) groups is 1. The van der Waals surface area contributed by atoms with Gasteiger partial charge in [-0.05, 0) is 57.5 Å². The summed E-state index contributed by atoms with van der Waals surface area (Å²) >= 11 is 1.37. The molecule has 7 nitrogen and oxygen atoms in total. The number of hydrogen-bond donors (Lipinski definition) is 1. The molecule has 0 aliphatic heterocycles. The highest BCUT2D eigenvalue weighted by Gasteiger charge is 2.19. The maximum absolute atomic E-state index is 13.2. The van der Waals surface area contributed by atoms with E-state index in [0.717, 1.165) is 33.9 Å². The Bertz CT molecular complexity index is 1300. The van der Waals surface area contributed by atoms with Crippen molar-refractivity contribution in [2.24, 2.45) is 0 Å². The van der Waals surface area contributed by atoms with Gasteiger partial charge in [0.1, 0.15) is 5.82 Å². The normalized spacial score (nSPS) is 12.0. The number of carbonyl (C=O) groups excluding carboxylic acids is 1. The molecule has 0 aliphatic carbocycles. The Kier molecular flexibility index (Phi) is 7.12. The number of aromatic nitrogens is 5. The number of thioether (sulfide) groups is 1. The van der Waals surface area contributed by atoms with Crippen molar-refractivity contribution < 1.29 is 9.18 Å². The van der Waals surface area contributed by atoms with Crippen LogP contribution in [0.15, 0.2) is 59.9 Å².